The maximum atomic E-state index is 13.7. The van der Waals surface area contributed by atoms with E-state index in [1.807, 2.05) is 93.8 Å². The van der Waals surface area contributed by atoms with Crippen LogP contribution in [0.2, 0.25) is 0 Å². The van der Waals surface area contributed by atoms with Gasteiger partial charge in [-0.25, -0.2) is 18.0 Å². The summed E-state index contributed by atoms with van der Waals surface area (Å²) in [7, 11) is -6.52. The molecule has 2 aromatic carbocycles. The van der Waals surface area contributed by atoms with Crippen molar-refractivity contribution in [1.29, 1.82) is 0 Å². The van der Waals surface area contributed by atoms with Gasteiger partial charge in [0.05, 0.1) is 28.1 Å². The van der Waals surface area contributed by atoms with E-state index in [0.717, 1.165) is 57.4 Å². The van der Waals surface area contributed by atoms with Crippen molar-refractivity contribution in [2.45, 2.75) is 95.3 Å². The summed E-state index contributed by atoms with van der Waals surface area (Å²) in [6.07, 6.45) is 14.5. The van der Waals surface area contributed by atoms with Gasteiger partial charge in [0.1, 0.15) is 12.3 Å². The van der Waals surface area contributed by atoms with E-state index in [-0.39, 0.29) is 42.0 Å². The SMILES string of the molecule is CCN1/C(=C/C=C/C=C/C=C/C2=[N+](CCCS(=O)(=O)O)c3ccc(S(=O)(=O)N(C)CCCC(=O)C(C)(C)C)cc3C2(C)C)C(C)(C)c2cc(SOOO)ccc21. The zero-order valence-corrected chi connectivity index (χ0v) is 36.2. The van der Waals surface area contributed by atoms with Crippen LogP contribution in [0.1, 0.15) is 85.8 Å². The maximum Gasteiger partial charge on any atom is 0.265 e. The summed E-state index contributed by atoms with van der Waals surface area (Å²) in [5, 5.41) is 12.3. The van der Waals surface area contributed by atoms with Gasteiger partial charge in [-0.05, 0) is 69.2 Å². The smallest absolute Gasteiger partial charge is 0.265 e. The molecule has 0 amide bonds. The first kappa shape index (κ1) is 45.3. The van der Waals surface area contributed by atoms with Gasteiger partial charge in [-0.1, -0.05) is 70.0 Å². The van der Waals surface area contributed by atoms with Crippen LogP contribution in [-0.4, -0.2) is 79.5 Å². The molecule has 12 nitrogen and oxygen atoms in total. The van der Waals surface area contributed by atoms with Crippen LogP contribution < -0.4 is 4.90 Å². The number of allylic oxidation sites excluding steroid dienone is 8. The minimum absolute atomic E-state index is 0.0802. The number of nitrogens with zero attached hydrogens (tertiary/aromatic N) is 3. The highest BCUT2D eigenvalue weighted by atomic mass is 32.2. The Labute approximate surface area is 337 Å². The highest BCUT2D eigenvalue weighted by Crippen LogP contribution is 2.49. The molecule has 0 unspecified atom stereocenters. The van der Waals surface area contributed by atoms with Gasteiger partial charge >= 0.3 is 0 Å². The van der Waals surface area contributed by atoms with Gasteiger partial charge in [0.25, 0.3) is 10.1 Å². The van der Waals surface area contributed by atoms with Crippen molar-refractivity contribution in [2.75, 3.05) is 37.3 Å². The van der Waals surface area contributed by atoms with E-state index >= 15 is 0 Å². The van der Waals surface area contributed by atoms with E-state index in [2.05, 4.69) is 41.1 Å². The normalized spacial score (nSPS) is 17.7. The fraction of sp³-hybridized carbons (Fsp3) is 0.463. The topological polar surface area (TPSA) is 154 Å². The van der Waals surface area contributed by atoms with Gasteiger partial charge in [-0.3, -0.25) is 9.35 Å². The summed E-state index contributed by atoms with van der Waals surface area (Å²) >= 11 is 0.929. The van der Waals surface area contributed by atoms with Crippen molar-refractivity contribution in [3.63, 3.8) is 0 Å². The van der Waals surface area contributed by atoms with E-state index in [1.165, 1.54) is 11.4 Å². The second-order valence-corrected chi connectivity index (χ2v) is 20.4. The van der Waals surface area contributed by atoms with Crippen LogP contribution in [-0.2, 0) is 45.1 Å². The predicted octanol–water partition coefficient (Wildman–Crippen LogP) is 8.16. The number of fused-ring (bicyclic) bond motifs is 2. The third kappa shape index (κ3) is 10.4. The van der Waals surface area contributed by atoms with Crippen molar-refractivity contribution >= 4 is 55.1 Å². The molecule has 15 heteroatoms. The number of likely N-dealkylation sites (N-methyl/N-ethyl adjacent to an activating group) is 1. The van der Waals surface area contributed by atoms with Crippen molar-refractivity contribution < 1.29 is 45.4 Å². The Hall–Kier alpha value is -3.41. The van der Waals surface area contributed by atoms with E-state index in [1.54, 1.807) is 18.2 Å². The van der Waals surface area contributed by atoms with Crippen LogP contribution in [0.15, 0.2) is 94.4 Å². The monoisotopic (exact) mass is 830 g/mol. The molecule has 2 aromatic rings. The van der Waals surface area contributed by atoms with Crippen LogP contribution >= 0.6 is 12.0 Å². The lowest BCUT2D eigenvalue weighted by Gasteiger charge is -2.25. The third-order valence-corrected chi connectivity index (χ3v) is 13.6. The lowest BCUT2D eigenvalue weighted by molar-refractivity contribution is -0.437. The van der Waals surface area contributed by atoms with Gasteiger partial charge in [0, 0.05) is 77.8 Å². The Morgan fingerprint density at radius 3 is 2.27 bits per heavy atom. The number of rotatable bonds is 18. The van der Waals surface area contributed by atoms with Gasteiger partial charge in [0.15, 0.2) is 5.71 Å². The molecule has 0 atom stereocenters. The summed E-state index contributed by atoms with van der Waals surface area (Å²) in [4.78, 5) is 15.6. The first-order valence-corrected chi connectivity index (χ1v) is 22.4. The minimum Gasteiger partial charge on any atom is -0.344 e. The van der Waals surface area contributed by atoms with Crippen LogP contribution in [0.4, 0.5) is 11.4 Å². The molecule has 2 aliphatic heterocycles. The molecule has 2 N–H and O–H groups in total. The number of carbonyl (C=O) groups is 1. The standard InChI is InChI=1S/C41H55N3O9S3/c1-10-43-34-23-21-30(54-53-52-46)28-32(34)40(5,6)36(43)18-14-12-11-13-15-19-37-41(7,8)33-29-31(22-24-35(33)44(37)26-17-27-55(47,48)49)56(50,51)42(9)25-16-20-38(45)39(2,3)4/h11-15,18-19,21-24,28-29H,10,16-17,20,25-27H2,1-9H3,(H-,46,47,48,49)/p+1. The highest BCUT2D eigenvalue weighted by Gasteiger charge is 2.45. The lowest BCUT2D eigenvalue weighted by atomic mass is 9.81. The second kappa shape index (κ2) is 18.0. The molecule has 0 fully saturated rings. The molecule has 0 bridgehead atoms. The van der Waals surface area contributed by atoms with Crippen molar-refractivity contribution in [1.82, 2.24) is 4.31 Å². The number of hydrogen-bond acceptors (Lipinski definition) is 10. The molecular weight excluding hydrogens is 775 g/mol. The fourth-order valence-electron chi connectivity index (χ4n) is 7.19. The first-order chi connectivity index (χ1) is 26.1. The predicted molar refractivity (Wildman–Crippen MR) is 222 cm³/mol. The number of sulfonamides is 1. The van der Waals surface area contributed by atoms with Crippen molar-refractivity contribution in [3.05, 3.63) is 95.8 Å². The number of anilines is 1. The molecule has 0 saturated carbocycles. The molecule has 56 heavy (non-hydrogen) atoms. The van der Waals surface area contributed by atoms with E-state index in [9.17, 15) is 26.2 Å². The van der Waals surface area contributed by atoms with Crippen LogP contribution in [0, 0.1) is 5.41 Å². The molecule has 2 aliphatic rings. The molecule has 0 saturated heterocycles. The molecular formula is C41H56N3O9S3+. The number of Topliss-reactive ketones (excluding diaryl/α,β-unsaturated/α-hetero) is 1. The lowest BCUT2D eigenvalue weighted by Crippen LogP contribution is -2.30. The Balaban J connectivity index is 1.56. The van der Waals surface area contributed by atoms with Crippen molar-refractivity contribution in [2.24, 2.45) is 5.41 Å². The zero-order valence-electron chi connectivity index (χ0n) is 33.8. The average molecular weight is 831 g/mol. The van der Waals surface area contributed by atoms with Crippen LogP contribution in [0.3, 0.4) is 0 Å². The summed E-state index contributed by atoms with van der Waals surface area (Å²) in [6, 6.07) is 11.0. The average Bonchev–Trinajstić information content (AvgIpc) is 3.46. The molecule has 2 heterocycles. The van der Waals surface area contributed by atoms with Crippen LogP contribution in [0.5, 0.6) is 0 Å². The summed E-state index contributed by atoms with van der Waals surface area (Å²) in [6.45, 7) is 17.2. The quantitative estimate of drug-likeness (QED) is 0.0374. The maximum absolute atomic E-state index is 13.7. The van der Waals surface area contributed by atoms with Gasteiger partial charge in [0.2, 0.25) is 15.7 Å². The van der Waals surface area contributed by atoms with Gasteiger partial charge < -0.3 is 4.90 Å². The number of carbonyl (C=O) groups excluding carboxylic acids is 1. The minimum atomic E-state index is -4.17. The largest absolute Gasteiger partial charge is 0.344 e. The summed E-state index contributed by atoms with van der Waals surface area (Å²) < 4.78 is 67.9. The summed E-state index contributed by atoms with van der Waals surface area (Å²) in [5.74, 6) is -0.327. The second-order valence-electron chi connectivity index (χ2n) is 16.0. The molecule has 0 aliphatic carbocycles. The number of hydrogen-bond donors (Lipinski definition) is 2. The molecule has 4 rings (SSSR count). The van der Waals surface area contributed by atoms with E-state index in [0.29, 0.717) is 6.42 Å². The number of benzene rings is 2. The first-order valence-electron chi connectivity index (χ1n) is 18.6. The van der Waals surface area contributed by atoms with Gasteiger partial charge in [-0.15, -0.1) is 4.33 Å². The molecule has 0 radical (unpaired) electrons. The van der Waals surface area contributed by atoms with E-state index < -0.39 is 36.7 Å². The fourth-order valence-corrected chi connectivity index (χ4v) is 9.31. The van der Waals surface area contributed by atoms with Gasteiger partial charge in [-0.2, -0.15) is 13.0 Å². The van der Waals surface area contributed by atoms with Crippen LogP contribution in [0.25, 0.3) is 0 Å². The summed E-state index contributed by atoms with van der Waals surface area (Å²) in [5.41, 5.74) is 4.31. The Bertz CT molecular complexity index is 2160. The molecule has 306 valence electrons. The zero-order chi connectivity index (χ0) is 41.7. The highest BCUT2D eigenvalue weighted by molar-refractivity contribution is 7.94. The Morgan fingerprint density at radius 1 is 0.946 bits per heavy atom. The molecule has 0 aromatic heterocycles. The van der Waals surface area contributed by atoms with Crippen molar-refractivity contribution in [3.8, 4) is 0 Å². The third-order valence-electron chi connectivity index (χ3n) is 10.4. The Morgan fingerprint density at radius 2 is 1.62 bits per heavy atom. The van der Waals surface area contributed by atoms with E-state index in [4.69, 9.17) is 5.26 Å². The number of ketones is 1. The molecule has 0 spiro atoms. The Kier molecular flexibility index (Phi) is 14.6.